The SMILES string of the molecule is CCCCC1SC(=NN=Cc2ccc(Cl)cc2)N(Cc2ccc(F)cc2)C1=O. The van der Waals surface area contributed by atoms with E-state index in [4.69, 9.17) is 11.6 Å². The van der Waals surface area contributed by atoms with Crippen LogP contribution in [0.2, 0.25) is 5.02 Å². The largest absolute Gasteiger partial charge is 0.284 e. The van der Waals surface area contributed by atoms with E-state index < -0.39 is 0 Å². The van der Waals surface area contributed by atoms with Crippen LogP contribution in [-0.4, -0.2) is 27.4 Å². The third-order valence-electron chi connectivity index (χ3n) is 4.31. The minimum Gasteiger partial charge on any atom is -0.284 e. The average Bonchev–Trinajstić information content (AvgIpc) is 2.98. The molecule has 0 N–H and O–H groups in total. The Morgan fingerprint density at radius 1 is 1.18 bits per heavy atom. The molecule has 4 nitrogen and oxygen atoms in total. The van der Waals surface area contributed by atoms with Gasteiger partial charge in [-0.2, -0.15) is 5.10 Å². The van der Waals surface area contributed by atoms with Crippen molar-refractivity contribution in [1.82, 2.24) is 4.90 Å². The van der Waals surface area contributed by atoms with Gasteiger partial charge in [-0.05, 0) is 41.8 Å². The van der Waals surface area contributed by atoms with Crippen LogP contribution in [0, 0.1) is 5.82 Å². The van der Waals surface area contributed by atoms with Crippen molar-refractivity contribution in [3.05, 3.63) is 70.5 Å². The van der Waals surface area contributed by atoms with Crippen molar-refractivity contribution in [3.8, 4) is 0 Å². The number of rotatable bonds is 7. The third-order valence-corrected chi connectivity index (χ3v) is 5.80. The molecular formula is C21H21ClFN3OS. The van der Waals surface area contributed by atoms with Crippen LogP contribution in [-0.2, 0) is 11.3 Å². The Labute approximate surface area is 173 Å². The topological polar surface area (TPSA) is 45.0 Å². The zero-order valence-electron chi connectivity index (χ0n) is 15.5. The minimum atomic E-state index is -0.298. The molecule has 0 radical (unpaired) electrons. The van der Waals surface area contributed by atoms with Crippen LogP contribution in [0.4, 0.5) is 4.39 Å². The number of amides is 1. The van der Waals surface area contributed by atoms with Crippen LogP contribution in [0.5, 0.6) is 0 Å². The van der Waals surface area contributed by atoms with E-state index in [1.54, 1.807) is 35.4 Å². The second kappa shape index (κ2) is 9.85. The molecule has 0 bridgehead atoms. The lowest BCUT2D eigenvalue weighted by Crippen LogP contribution is -2.31. The van der Waals surface area contributed by atoms with E-state index in [2.05, 4.69) is 17.1 Å². The van der Waals surface area contributed by atoms with Gasteiger partial charge in [0, 0.05) is 5.02 Å². The second-order valence-corrected chi connectivity index (χ2v) is 8.08. The molecular weight excluding hydrogens is 397 g/mol. The number of unbranched alkanes of at least 4 members (excludes halogenated alkanes) is 1. The van der Waals surface area contributed by atoms with Gasteiger partial charge in [-0.3, -0.25) is 9.69 Å². The second-order valence-electron chi connectivity index (χ2n) is 6.48. The number of carbonyl (C=O) groups excluding carboxylic acids is 1. The van der Waals surface area contributed by atoms with Crippen LogP contribution in [0.1, 0.15) is 37.3 Å². The van der Waals surface area contributed by atoms with Crippen molar-refractivity contribution < 1.29 is 9.18 Å². The van der Waals surface area contributed by atoms with E-state index in [1.807, 2.05) is 12.1 Å². The number of amidine groups is 1. The summed E-state index contributed by atoms with van der Waals surface area (Å²) >= 11 is 7.33. The number of halogens is 2. The van der Waals surface area contributed by atoms with Crippen LogP contribution in [0.25, 0.3) is 0 Å². The summed E-state index contributed by atoms with van der Waals surface area (Å²) in [4.78, 5) is 14.5. The van der Waals surface area contributed by atoms with Gasteiger partial charge < -0.3 is 0 Å². The van der Waals surface area contributed by atoms with E-state index in [-0.39, 0.29) is 17.0 Å². The van der Waals surface area contributed by atoms with Gasteiger partial charge in [0.25, 0.3) is 0 Å². The summed E-state index contributed by atoms with van der Waals surface area (Å²) in [6, 6.07) is 13.4. The molecule has 2 aromatic carbocycles. The average molecular weight is 418 g/mol. The molecule has 7 heteroatoms. The van der Waals surface area contributed by atoms with E-state index in [1.165, 1.54) is 23.9 Å². The van der Waals surface area contributed by atoms with Gasteiger partial charge in [0.05, 0.1) is 18.0 Å². The molecule has 1 fully saturated rings. The zero-order chi connectivity index (χ0) is 19.9. The highest BCUT2D eigenvalue weighted by Crippen LogP contribution is 2.32. The molecule has 0 saturated carbocycles. The molecule has 28 heavy (non-hydrogen) atoms. The van der Waals surface area contributed by atoms with Crippen molar-refractivity contribution >= 4 is 40.7 Å². The third kappa shape index (κ3) is 5.42. The van der Waals surface area contributed by atoms with Crippen molar-refractivity contribution in [2.24, 2.45) is 10.2 Å². The van der Waals surface area contributed by atoms with E-state index >= 15 is 0 Å². The summed E-state index contributed by atoms with van der Waals surface area (Å²) in [5, 5.41) is 9.52. The molecule has 1 atom stereocenters. The van der Waals surface area contributed by atoms with E-state index in [0.717, 1.165) is 30.4 Å². The van der Waals surface area contributed by atoms with E-state index in [0.29, 0.717) is 16.7 Å². The normalized spacial score (nSPS) is 18.5. The van der Waals surface area contributed by atoms with Crippen molar-refractivity contribution in [2.45, 2.75) is 38.0 Å². The molecule has 1 heterocycles. The van der Waals surface area contributed by atoms with Crippen LogP contribution < -0.4 is 0 Å². The Bertz CT molecular complexity index is 868. The summed E-state index contributed by atoms with van der Waals surface area (Å²) in [5.41, 5.74) is 1.72. The number of benzene rings is 2. The number of nitrogens with zero attached hydrogens (tertiary/aromatic N) is 3. The monoisotopic (exact) mass is 417 g/mol. The summed E-state index contributed by atoms with van der Waals surface area (Å²) in [6.45, 7) is 2.45. The van der Waals surface area contributed by atoms with Crippen LogP contribution in [0.15, 0.2) is 58.7 Å². The number of hydrogen-bond donors (Lipinski definition) is 0. The molecule has 0 spiro atoms. The molecule has 0 aromatic heterocycles. The molecule has 1 saturated heterocycles. The van der Waals surface area contributed by atoms with Crippen molar-refractivity contribution in [3.63, 3.8) is 0 Å². The molecule has 0 aliphatic carbocycles. The van der Waals surface area contributed by atoms with Gasteiger partial charge in [0.1, 0.15) is 5.82 Å². The van der Waals surface area contributed by atoms with Gasteiger partial charge >= 0.3 is 0 Å². The number of hydrogen-bond acceptors (Lipinski definition) is 4. The van der Waals surface area contributed by atoms with Crippen LogP contribution in [0.3, 0.4) is 0 Å². The highest BCUT2D eigenvalue weighted by molar-refractivity contribution is 8.15. The predicted molar refractivity (Wildman–Crippen MR) is 114 cm³/mol. The van der Waals surface area contributed by atoms with Crippen molar-refractivity contribution in [1.29, 1.82) is 0 Å². The quantitative estimate of drug-likeness (QED) is 0.440. The molecule has 1 aliphatic heterocycles. The summed E-state index contributed by atoms with van der Waals surface area (Å²) in [5.74, 6) is -0.267. The van der Waals surface area contributed by atoms with Crippen molar-refractivity contribution in [2.75, 3.05) is 0 Å². The molecule has 1 unspecified atom stereocenters. The van der Waals surface area contributed by atoms with Gasteiger partial charge in [-0.25, -0.2) is 4.39 Å². The lowest BCUT2D eigenvalue weighted by Gasteiger charge is -2.15. The summed E-state index contributed by atoms with van der Waals surface area (Å²) in [6.07, 6.45) is 4.45. The highest BCUT2D eigenvalue weighted by atomic mass is 35.5. The Morgan fingerprint density at radius 3 is 2.57 bits per heavy atom. The smallest absolute Gasteiger partial charge is 0.242 e. The van der Waals surface area contributed by atoms with Crippen LogP contribution >= 0.6 is 23.4 Å². The first-order valence-electron chi connectivity index (χ1n) is 9.16. The molecule has 3 rings (SSSR count). The van der Waals surface area contributed by atoms with Gasteiger partial charge in [-0.15, -0.1) is 5.10 Å². The first-order chi connectivity index (χ1) is 13.6. The van der Waals surface area contributed by atoms with Gasteiger partial charge in [-0.1, -0.05) is 67.4 Å². The Balaban J connectivity index is 1.78. The Kier molecular flexibility index (Phi) is 7.23. The fraction of sp³-hybridized carbons (Fsp3) is 0.286. The maximum atomic E-state index is 13.2. The summed E-state index contributed by atoms with van der Waals surface area (Å²) < 4.78 is 13.2. The summed E-state index contributed by atoms with van der Waals surface area (Å²) in [7, 11) is 0. The molecule has 1 aliphatic rings. The zero-order valence-corrected chi connectivity index (χ0v) is 17.1. The minimum absolute atomic E-state index is 0.0308. The Hall–Kier alpha value is -2.18. The maximum absolute atomic E-state index is 13.2. The number of thioether (sulfide) groups is 1. The predicted octanol–water partition coefficient (Wildman–Crippen LogP) is 5.50. The molecule has 2 aromatic rings. The first-order valence-corrected chi connectivity index (χ1v) is 10.4. The Morgan fingerprint density at radius 2 is 1.89 bits per heavy atom. The fourth-order valence-corrected chi connectivity index (χ4v) is 4.04. The van der Waals surface area contributed by atoms with E-state index in [9.17, 15) is 9.18 Å². The van der Waals surface area contributed by atoms with Gasteiger partial charge in [0.15, 0.2) is 5.17 Å². The molecule has 146 valence electrons. The fourth-order valence-electron chi connectivity index (χ4n) is 2.77. The maximum Gasteiger partial charge on any atom is 0.242 e. The first kappa shape index (κ1) is 20.6. The standard InChI is InChI=1S/C21H21ClFN3OS/c1-2-3-4-19-20(27)26(14-16-7-11-18(23)12-8-16)21(28-19)25-24-13-15-5-9-17(22)10-6-15/h5-13,19H,2-4,14H2,1H3. The van der Waals surface area contributed by atoms with Gasteiger partial charge in [0.2, 0.25) is 5.91 Å². The number of carbonyl (C=O) groups is 1. The lowest BCUT2D eigenvalue weighted by molar-refractivity contribution is -0.126. The highest BCUT2D eigenvalue weighted by Gasteiger charge is 2.37. The molecule has 1 amide bonds. The lowest BCUT2D eigenvalue weighted by atomic mass is 10.1.